The maximum absolute atomic E-state index is 13.6. The summed E-state index contributed by atoms with van der Waals surface area (Å²) < 4.78 is 134. The molecule has 17 N–H and O–H groups in total. The highest BCUT2D eigenvalue weighted by atomic mass is 32.5. The first kappa shape index (κ1) is 112. The summed E-state index contributed by atoms with van der Waals surface area (Å²) in [6.45, 7) is -26.4. The molecule has 28 atom stereocenters. The summed E-state index contributed by atoms with van der Waals surface area (Å²) in [5.41, 5.74) is 2.52. The molecule has 7 saturated heterocycles. The Balaban J connectivity index is 0.632. The lowest BCUT2D eigenvalue weighted by Gasteiger charge is -2.29. The van der Waals surface area contributed by atoms with Crippen LogP contribution in [0.2, 0.25) is 0 Å². The van der Waals surface area contributed by atoms with E-state index in [0.29, 0.717) is 5.56 Å². The van der Waals surface area contributed by atoms with Gasteiger partial charge in [0.15, 0.2) is 11.2 Å². The third-order valence-corrected chi connectivity index (χ3v) is 34.9. The SMILES string of the molecule is CC[C@H]1O[C@@H](n2cc(C)c(=O)[nH]c2=O)CC1OP(O)(=S)OC[C@H]1O[C@@H](n2cc(C)c(=O)[nH]c2=O)CC1OP(O)(=S)OC[C@H]1O[C@@H](n2cc(C)c(=O)[nH]c2=O)CC1OP(O)(=S)OC[C@H]1O[C@@H](n2cc(C)c(=O)[nH]c2=O)CC1OP(O)(=S)OC[C@H]1O[C@@H](n2cc(C)c(N)nc2=O)CC1OP(O)(=S)OC[C@H]1O[C@@H](n2cc(C)c(=O)[nH]c2=O)CC1OP(O)(=S)OC[C@H]1O[C@@H](n2cnc3c(=O)[nH]c(N)nc32)CC1OP(O)(=S)OC. The summed E-state index contributed by atoms with van der Waals surface area (Å²) in [7, 11) is 1.10. The van der Waals surface area contributed by atoms with Crippen molar-refractivity contribution in [2.75, 3.05) is 58.2 Å². The predicted octanol–water partition coefficient (Wildman–Crippen LogP) is -0.475. The minimum atomic E-state index is -4.80. The number of aromatic amines is 6. The van der Waals surface area contributed by atoms with Gasteiger partial charge in [-0.2, -0.15) is 9.97 Å². The smallest absolute Gasteiger partial charge is 0.351 e. The largest absolute Gasteiger partial charge is 0.383 e. The number of fused-ring (bicyclic) bond motifs is 1. The van der Waals surface area contributed by atoms with Crippen molar-refractivity contribution < 1.29 is 131 Å². The van der Waals surface area contributed by atoms with E-state index in [1.54, 1.807) is 6.92 Å². The van der Waals surface area contributed by atoms with E-state index in [9.17, 15) is 91.8 Å². The minimum Gasteiger partial charge on any atom is -0.383 e. The third-order valence-electron chi connectivity index (χ3n) is 23.7. The van der Waals surface area contributed by atoms with E-state index in [1.165, 1.54) is 77.2 Å². The van der Waals surface area contributed by atoms with E-state index in [-0.39, 0.29) is 82.9 Å². The van der Waals surface area contributed by atoms with Gasteiger partial charge in [0.1, 0.15) is 86.0 Å². The predicted molar refractivity (Wildman–Crippen MR) is 523 cm³/mol. The number of imidazole rings is 1. The number of anilines is 2. The molecule has 0 spiro atoms. The second kappa shape index (κ2) is 44.9. The number of aryl methyl sites for hydroxylation is 6. The molecule has 792 valence electrons. The number of hydrogen-bond acceptors (Lipinski definition) is 45. The van der Waals surface area contributed by atoms with Crippen LogP contribution in [0.5, 0.6) is 0 Å². The maximum atomic E-state index is 13.6. The molecule has 7 aliphatic rings. The van der Waals surface area contributed by atoms with Crippen LogP contribution in [0, 0.1) is 41.5 Å². The molecule has 58 nitrogen and oxygen atoms in total. The fourth-order valence-corrected chi connectivity index (χ4v) is 26.3. The number of nitrogens with one attached hydrogen (secondary N) is 6. The Bertz CT molecular complexity index is 7390. The zero-order valence-corrected chi connectivity index (χ0v) is 88.3. The van der Waals surface area contributed by atoms with E-state index in [0.717, 1.165) is 46.9 Å². The molecule has 15 rings (SSSR count). The zero-order valence-electron chi connectivity index (χ0n) is 76.3. The van der Waals surface area contributed by atoms with Gasteiger partial charge in [0.05, 0.1) is 94.8 Å². The van der Waals surface area contributed by atoms with Crippen molar-refractivity contribution in [1.82, 2.24) is 76.8 Å². The molecule has 8 aromatic rings. The van der Waals surface area contributed by atoms with Gasteiger partial charge in [-0.15, -0.1) is 0 Å². The van der Waals surface area contributed by atoms with Gasteiger partial charge in [0.2, 0.25) is 5.95 Å². The molecular weight excluding hydrogens is 2200 g/mol. The normalized spacial score (nSPS) is 29.6. The number of H-pyrrole nitrogens is 6. The van der Waals surface area contributed by atoms with Crippen LogP contribution in [0.15, 0.2) is 101 Å². The zero-order chi connectivity index (χ0) is 104. The average molecular weight is 2300 g/mol. The van der Waals surface area contributed by atoms with Crippen molar-refractivity contribution in [3.63, 3.8) is 0 Å². The quantitative estimate of drug-likeness (QED) is 0.0215. The molecule has 0 aliphatic carbocycles. The summed E-state index contributed by atoms with van der Waals surface area (Å²) in [6, 6.07) is 0. The van der Waals surface area contributed by atoms with Gasteiger partial charge in [-0.3, -0.25) is 90.6 Å². The van der Waals surface area contributed by atoms with Gasteiger partial charge in [0.25, 0.3) is 33.4 Å². The second-order valence-corrected chi connectivity index (χ2v) is 53.5. The summed E-state index contributed by atoms with van der Waals surface area (Å²) in [5.74, 6) is -0.403. The second-order valence-electron chi connectivity index (χ2n) is 33.9. The molecule has 7 fully saturated rings. The van der Waals surface area contributed by atoms with Crippen molar-refractivity contribution in [2.45, 2.75) is 229 Å². The molecule has 0 saturated carbocycles. The van der Waals surface area contributed by atoms with E-state index in [1.807, 2.05) is 0 Å². The van der Waals surface area contributed by atoms with E-state index in [4.69, 9.17) is 191 Å². The highest BCUT2D eigenvalue weighted by Gasteiger charge is 2.52. The third kappa shape index (κ3) is 26.9. The van der Waals surface area contributed by atoms with E-state index >= 15 is 0 Å². The molecule has 8 aromatic heterocycles. The topological polar surface area (TPSA) is 760 Å². The van der Waals surface area contributed by atoms with Crippen molar-refractivity contribution >= 4 is 153 Å². The molecule has 0 bridgehead atoms. The highest BCUT2D eigenvalue weighted by molar-refractivity contribution is 8.09. The Kier molecular flexibility index (Phi) is 34.9. The maximum Gasteiger partial charge on any atom is 0.351 e. The van der Waals surface area contributed by atoms with E-state index in [2.05, 4.69) is 44.9 Å². The summed E-state index contributed by atoms with van der Waals surface area (Å²) >= 11 is 38.7. The monoisotopic (exact) mass is 2290 g/mol. The van der Waals surface area contributed by atoms with Crippen LogP contribution in [-0.4, -0.2) is 243 Å². The number of nitrogens with zero attached hydrogens (tertiary/aromatic N) is 10. The van der Waals surface area contributed by atoms with E-state index < -0.39 is 302 Å². The number of hydrogen-bond donors (Lipinski definition) is 15. The molecule has 15 heterocycles. The molecule has 7 aliphatic heterocycles. The van der Waals surface area contributed by atoms with Gasteiger partial charge < -0.3 is 142 Å². The number of aromatic nitrogens is 16. The Morgan fingerprint density at radius 2 is 0.562 bits per heavy atom. The van der Waals surface area contributed by atoms with Crippen LogP contribution in [0.4, 0.5) is 11.8 Å². The van der Waals surface area contributed by atoms with Crippen LogP contribution < -0.4 is 79.0 Å². The molecule has 144 heavy (non-hydrogen) atoms. The van der Waals surface area contributed by atoms with Gasteiger partial charge in [0, 0.05) is 123 Å². The van der Waals surface area contributed by atoms with Crippen LogP contribution in [-0.2, 0) is 179 Å². The van der Waals surface area contributed by atoms with Crippen molar-refractivity contribution in [1.29, 1.82) is 0 Å². The van der Waals surface area contributed by atoms with Crippen LogP contribution in [0.1, 0.15) is 135 Å². The van der Waals surface area contributed by atoms with Crippen LogP contribution in [0.25, 0.3) is 11.2 Å². The van der Waals surface area contributed by atoms with Crippen molar-refractivity contribution in [3.05, 3.63) is 202 Å². The van der Waals surface area contributed by atoms with Crippen LogP contribution in [0.3, 0.4) is 0 Å². The average Bonchev–Trinajstić information content (AvgIpc) is 1.62. The molecular formula is C72H97N18O40P7S7. The standard InChI is InChI=1S/C72H97N18O40P7S7/c1-9-36-37(10-50(117-36)85-18-31(3)60(91)79-68(85)98)125-132(104,139)111-24-46-40(12-52(119-46)86-19-32(4)61(92)80-69(86)99)128-136(108,143)115-27-49-43(15-55(122-49)89-22-35(7)64(95)83-72(89)102)130-137(109,144)116-28-48-42(14-54(121-48)88-21-34(6)63(94)82-71(88)101)129-135(107,142)113-25-45-39(11-51(118-45)84-17-30(2)58(73)76-67(84)97)126-134(106,141)114-26-47-41(13-53(120-47)87-20-33(5)62(93)81-70(87)100)127-133(105,140)112-23-44-38(124-131(103,138)110-8)16-56(123-44)90-29-75-57-59(90)77-66(74)78-65(57)96/h17-22,29,36-56H,9-16,23-28H2,1-8H3,(H,103,138)(H,104,139)(H,105,140)(H,106,141)(H,107,142)(H,108,143)(H,109,144)(H2,73,76,97)(H,79,91,98)(H,80,92,99)(H,81,93,100)(H,82,94,101)(H,83,95,102)(H3,74,77,78,96)/t36-,37?,38?,39?,40?,41?,42?,43?,44-,45-,46-,47-,48-,49-,50-,51-,52-,53-,54-,55-,56-,131?,132?,133?,134?,135?,136?,137?/m1/s1. The fraction of sp³-hybridized carbons (Fsp3) is 0.597. The highest BCUT2D eigenvalue weighted by Crippen LogP contribution is 2.59. The molecule has 14 unspecified atom stereocenters. The Labute approximate surface area is 843 Å². The lowest BCUT2D eigenvalue weighted by atomic mass is 10.1. The Morgan fingerprint density at radius 1 is 0.333 bits per heavy atom. The van der Waals surface area contributed by atoms with Crippen molar-refractivity contribution in [3.8, 4) is 0 Å². The van der Waals surface area contributed by atoms with Gasteiger partial charge >= 0.3 is 81.2 Å². The lowest BCUT2D eigenvalue weighted by molar-refractivity contribution is -0.0582. The molecule has 0 radical (unpaired) electrons. The summed E-state index contributed by atoms with van der Waals surface area (Å²) in [4.78, 5) is 264. The Hall–Kier alpha value is -6.34. The first-order chi connectivity index (χ1) is 67.5. The number of rotatable bonds is 41. The van der Waals surface area contributed by atoms with Gasteiger partial charge in [-0.25, -0.2) is 33.8 Å². The van der Waals surface area contributed by atoms with Crippen LogP contribution >= 0.6 is 47.0 Å². The first-order valence-electron chi connectivity index (χ1n) is 43.3. The number of ether oxygens (including phenoxy) is 7. The minimum absolute atomic E-state index is 0.00256. The lowest BCUT2D eigenvalue weighted by Crippen LogP contribution is -2.33. The molecule has 0 aromatic carbocycles. The van der Waals surface area contributed by atoms with Gasteiger partial charge in [-0.05, 0) is 131 Å². The van der Waals surface area contributed by atoms with Gasteiger partial charge in [-0.1, -0.05) is 6.92 Å². The fourth-order valence-electron chi connectivity index (χ4n) is 16.5. The van der Waals surface area contributed by atoms with Crippen molar-refractivity contribution in [2.24, 2.45) is 0 Å². The molecule has 0 amide bonds. The number of nitrogens with two attached hydrogens (primary N) is 2. The summed E-state index contributed by atoms with van der Waals surface area (Å²) in [6.07, 6.45) is -21.6. The summed E-state index contributed by atoms with van der Waals surface area (Å²) in [5, 5.41) is 0. The first-order valence-corrected chi connectivity index (χ1v) is 61.4. The Morgan fingerprint density at radius 3 is 0.819 bits per heavy atom. The molecule has 72 heteroatoms. The number of nitrogen functional groups attached to an aromatic ring is 2.